The Hall–Kier alpha value is -2.77. The zero-order valence-corrected chi connectivity index (χ0v) is 14.5. The van der Waals surface area contributed by atoms with Gasteiger partial charge in [-0.2, -0.15) is 5.26 Å². The molecule has 0 aliphatic carbocycles. The molecule has 3 nitrogen and oxygen atoms in total. The molecule has 0 radical (unpaired) electrons. The van der Waals surface area contributed by atoms with Crippen molar-refractivity contribution in [3.8, 4) is 6.07 Å². The molecule has 0 spiro atoms. The minimum atomic E-state index is -1.15. The minimum Gasteiger partial charge on any atom is -0.480 e. The van der Waals surface area contributed by atoms with Crippen LogP contribution in [0.5, 0.6) is 0 Å². The van der Waals surface area contributed by atoms with Crippen LogP contribution < -0.4 is 0 Å². The van der Waals surface area contributed by atoms with Crippen LogP contribution in [0.3, 0.4) is 0 Å². The van der Waals surface area contributed by atoms with Crippen LogP contribution in [-0.4, -0.2) is 17.3 Å². The van der Waals surface area contributed by atoms with Gasteiger partial charge in [-0.15, -0.1) is 11.8 Å². The molecular weight excluding hydrogens is 330 g/mol. The molecule has 0 aromatic heterocycles. The number of fused-ring (bicyclic) bond motifs is 1. The van der Waals surface area contributed by atoms with Crippen molar-refractivity contribution in [2.45, 2.75) is 10.8 Å². The number of rotatable bonds is 5. The zero-order valence-electron chi connectivity index (χ0n) is 13.7. The summed E-state index contributed by atoms with van der Waals surface area (Å²) in [4.78, 5) is 12.8. The van der Waals surface area contributed by atoms with E-state index >= 15 is 0 Å². The van der Waals surface area contributed by atoms with E-state index < -0.39 is 17.8 Å². The lowest BCUT2D eigenvalue weighted by atomic mass is 9.79. The molecule has 25 heavy (non-hydrogen) atoms. The van der Waals surface area contributed by atoms with Gasteiger partial charge in [0.05, 0.1) is 6.07 Å². The summed E-state index contributed by atoms with van der Waals surface area (Å²) in [6, 6.07) is 23.4. The first kappa shape index (κ1) is 17.1. The summed E-state index contributed by atoms with van der Waals surface area (Å²) >= 11 is 1.56. The molecule has 2 unspecified atom stereocenters. The van der Waals surface area contributed by atoms with Crippen LogP contribution in [0.25, 0.3) is 10.8 Å². The van der Waals surface area contributed by atoms with Crippen LogP contribution in [0.4, 0.5) is 0 Å². The fraction of sp³-hybridized carbons (Fsp3) is 0.143. The van der Waals surface area contributed by atoms with Crippen molar-refractivity contribution in [1.82, 2.24) is 0 Å². The lowest BCUT2D eigenvalue weighted by Crippen LogP contribution is -2.22. The van der Waals surface area contributed by atoms with E-state index in [0.29, 0.717) is 0 Å². The number of nitriles is 1. The second-order valence-corrected chi connectivity index (χ2v) is 6.58. The van der Waals surface area contributed by atoms with Crippen LogP contribution in [0.15, 0.2) is 71.6 Å². The summed E-state index contributed by atoms with van der Waals surface area (Å²) in [5.41, 5.74) is 1.74. The molecule has 0 fully saturated rings. The van der Waals surface area contributed by atoms with Crippen molar-refractivity contribution in [2.24, 2.45) is 5.92 Å². The maximum Gasteiger partial charge on any atom is 0.321 e. The highest BCUT2D eigenvalue weighted by atomic mass is 32.2. The smallest absolute Gasteiger partial charge is 0.321 e. The van der Waals surface area contributed by atoms with Gasteiger partial charge in [0.25, 0.3) is 0 Å². The predicted molar refractivity (Wildman–Crippen MR) is 101 cm³/mol. The van der Waals surface area contributed by atoms with Gasteiger partial charge in [0.15, 0.2) is 5.92 Å². The van der Waals surface area contributed by atoms with Gasteiger partial charge in [0.2, 0.25) is 0 Å². The van der Waals surface area contributed by atoms with Gasteiger partial charge in [-0.3, -0.25) is 4.79 Å². The van der Waals surface area contributed by atoms with E-state index in [-0.39, 0.29) is 0 Å². The van der Waals surface area contributed by atoms with E-state index in [4.69, 9.17) is 0 Å². The van der Waals surface area contributed by atoms with Gasteiger partial charge in [-0.1, -0.05) is 60.7 Å². The highest BCUT2D eigenvalue weighted by molar-refractivity contribution is 7.98. The average Bonchev–Trinajstić information content (AvgIpc) is 2.65. The monoisotopic (exact) mass is 347 g/mol. The Morgan fingerprint density at radius 1 is 1.00 bits per heavy atom. The highest BCUT2D eigenvalue weighted by Gasteiger charge is 2.33. The maximum atomic E-state index is 11.8. The molecule has 2 atom stereocenters. The fourth-order valence-electron chi connectivity index (χ4n) is 3.24. The van der Waals surface area contributed by atoms with Crippen LogP contribution in [0.1, 0.15) is 17.0 Å². The summed E-state index contributed by atoms with van der Waals surface area (Å²) < 4.78 is 0. The van der Waals surface area contributed by atoms with Crippen molar-refractivity contribution in [3.63, 3.8) is 0 Å². The van der Waals surface area contributed by atoms with Crippen LogP contribution in [-0.2, 0) is 4.79 Å². The van der Waals surface area contributed by atoms with E-state index in [1.54, 1.807) is 11.8 Å². The Morgan fingerprint density at radius 2 is 1.64 bits per heavy atom. The fourth-order valence-corrected chi connectivity index (χ4v) is 3.89. The molecule has 0 aliphatic heterocycles. The Morgan fingerprint density at radius 3 is 2.36 bits per heavy atom. The van der Waals surface area contributed by atoms with E-state index in [9.17, 15) is 15.2 Å². The third-order valence-corrected chi connectivity index (χ3v) is 5.18. The summed E-state index contributed by atoms with van der Waals surface area (Å²) in [6.07, 6.45) is 1.96. The number of carboxylic acids is 1. The van der Waals surface area contributed by atoms with E-state index in [0.717, 1.165) is 26.8 Å². The molecular formula is C21H17NO2S. The van der Waals surface area contributed by atoms with E-state index in [1.165, 1.54) is 0 Å². The first-order valence-electron chi connectivity index (χ1n) is 7.90. The molecule has 124 valence electrons. The Bertz CT molecular complexity index is 956. The zero-order chi connectivity index (χ0) is 17.8. The molecule has 0 saturated carbocycles. The minimum absolute atomic E-state index is 0.530. The Balaban J connectivity index is 2.31. The maximum absolute atomic E-state index is 11.8. The van der Waals surface area contributed by atoms with Gasteiger partial charge >= 0.3 is 5.97 Å². The predicted octanol–water partition coefficient (Wildman–Crippen LogP) is 4.92. The second kappa shape index (κ2) is 7.42. The number of aliphatic carboxylic acids is 1. The lowest BCUT2D eigenvalue weighted by Gasteiger charge is -2.24. The molecule has 3 rings (SSSR count). The molecule has 3 aromatic carbocycles. The molecule has 0 bridgehead atoms. The summed E-state index contributed by atoms with van der Waals surface area (Å²) in [6.45, 7) is 0. The molecule has 0 heterocycles. The highest BCUT2D eigenvalue weighted by Crippen LogP contribution is 2.40. The van der Waals surface area contributed by atoms with Crippen molar-refractivity contribution in [2.75, 3.05) is 6.26 Å². The second-order valence-electron chi connectivity index (χ2n) is 5.73. The standard InChI is InChI=1S/C21H17NO2S/c1-25-19-12-5-4-10-17(19)20(18(13-22)21(23)24)16-11-6-8-14-7-2-3-9-15(14)16/h2-12,18,20H,1H3,(H,23,24). The number of nitrogens with zero attached hydrogens (tertiary/aromatic N) is 1. The number of carboxylic acid groups (broad SMARTS) is 1. The number of hydrogen-bond donors (Lipinski definition) is 1. The van der Waals surface area contributed by atoms with Gasteiger partial charge in [-0.25, -0.2) is 0 Å². The molecule has 1 N–H and O–H groups in total. The quantitative estimate of drug-likeness (QED) is 0.666. The first-order chi connectivity index (χ1) is 12.2. The van der Waals surface area contributed by atoms with Gasteiger partial charge in [-0.05, 0) is 34.2 Å². The molecule has 3 aromatic rings. The summed E-state index contributed by atoms with van der Waals surface area (Å²) in [7, 11) is 0. The normalized spacial score (nSPS) is 13.1. The first-order valence-corrected chi connectivity index (χ1v) is 9.13. The SMILES string of the molecule is CSc1ccccc1C(c1cccc2ccccc12)C(C#N)C(=O)O. The molecule has 0 saturated heterocycles. The van der Waals surface area contributed by atoms with Gasteiger partial charge in [0.1, 0.15) is 0 Å². The third-order valence-electron chi connectivity index (χ3n) is 4.37. The Kier molecular flexibility index (Phi) is 5.06. The Labute approximate surface area is 150 Å². The topological polar surface area (TPSA) is 61.1 Å². The van der Waals surface area contributed by atoms with Crippen molar-refractivity contribution < 1.29 is 9.90 Å². The van der Waals surface area contributed by atoms with E-state index in [1.807, 2.05) is 79.1 Å². The third kappa shape index (κ3) is 3.24. The molecule has 4 heteroatoms. The largest absolute Gasteiger partial charge is 0.480 e. The van der Waals surface area contributed by atoms with Crippen LogP contribution >= 0.6 is 11.8 Å². The van der Waals surface area contributed by atoms with Crippen molar-refractivity contribution in [1.29, 1.82) is 5.26 Å². The summed E-state index contributed by atoms with van der Waals surface area (Å²) in [5, 5.41) is 21.3. The van der Waals surface area contributed by atoms with Crippen LogP contribution in [0, 0.1) is 17.2 Å². The molecule has 0 amide bonds. The number of hydrogen-bond acceptors (Lipinski definition) is 3. The molecule has 0 aliphatic rings. The number of benzene rings is 3. The van der Waals surface area contributed by atoms with Crippen molar-refractivity contribution >= 4 is 28.5 Å². The van der Waals surface area contributed by atoms with Crippen molar-refractivity contribution in [3.05, 3.63) is 77.9 Å². The van der Waals surface area contributed by atoms with Gasteiger partial charge < -0.3 is 5.11 Å². The lowest BCUT2D eigenvalue weighted by molar-refractivity contribution is -0.140. The van der Waals surface area contributed by atoms with E-state index in [2.05, 4.69) is 0 Å². The van der Waals surface area contributed by atoms with Gasteiger partial charge in [0, 0.05) is 10.8 Å². The number of carbonyl (C=O) groups is 1. The van der Waals surface area contributed by atoms with Crippen LogP contribution in [0.2, 0.25) is 0 Å². The summed E-state index contributed by atoms with van der Waals surface area (Å²) in [5.74, 6) is -2.78. The number of thioether (sulfide) groups is 1. The average molecular weight is 347 g/mol.